The number of aliphatic hydroxyl groups is 1. The van der Waals surface area contributed by atoms with Gasteiger partial charge >= 0.3 is 5.97 Å². The third-order valence-electron chi connectivity index (χ3n) is 5.79. The van der Waals surface area contributed by atoms with Crippen LogP contribution in [0.2, 0.25) is 0 Å². The van der Waals surface area contributed by atoms with Gasteiger partial charge in [-0.05, 0) is 38.5 Å². The van der Waals surface area contributed by atoms with E-state index in [0.717, 1.165) is 19.3 Å². The fraction of sp³-hybridized carbons (Fsp3) is 0.933. The smallest absolute Gasteiger partial charge is 0.309 e. The molecule has 18 heavy (non-hydrogen) atoms. The Kier molecular flexibility index (Phi) is 2.58. The molecule has 0 amide bonds. The number of hydrogen-bond donors (Lipinski definition) is 1. The summed E-state index contributed by atoms with van der Waals surface area (Å²) in [6.07, 6.45) is 4.73. The molecule has 1 spiro atoms. The molecule has 1 N–H and O–H groups in total. The van der Waals surface area contributed by atoms with Gasteiger partial charge in [0.2, 0.25) is 0 Å². The van der Waals surface area contributed by atoms with Gasteiger partial charge in [-0.2, -0.15) is 0 Å². The quantitative estimate of drug-likeness (QED) is 0.674. The second-order valence-corrected chi connectivity index (χ2v) is 7.14. The molecule has 2 saturated carbocycles. The van der Waals surface area contributed by atoms with Crippen molar-refractivity contribution in [3.05, 3.63) is 0 Å². The third kappa shape index (κ3) is 1.56. The number of ether oxygens (including phenoxy) is 1. The average molecular weight is 252 g/mol. The Hall–Kier alpha value is -0.570. The van der Waals surface area contributed by atoms with Crippen molar-refractivity contribution in [1.82, 2.24) is 0 Å². The zero-order valence-electron chi connectivity index (χ0n) is 11.6. The molecule has 102 valence electrons. The first kappa shape index (κ1) is 12.5. The highest BCUT2D eigenvalue weighted by molar-refractivity contribution is 5.76. The largest absolute Gasteiger partial charge is 0.458 e. The van der Waals surface area contributed by atoms with E-state index >= 15 is 0 Å². The van der Waals surface area contributed by atoms with Crippen LogP contribution in [0.3, 0.4) is 0 Å². The molecule has 0 radical (unpaired) electrons. The van der Waals surface area contributed by atoms with Crippen molar-refractivity contribution in [3.8, 4) is 0 Å². The van der Waals surface area contributed by atoms with Gasteiger partial charge in [0, 0.05) is 18.3 Å². The maximum absolute atomic E-state index is 12.0. The first-order chi connectivity index (χ1) is 8.36. The van der Waals surface area contributed by atoms with Gasteiger partial charge in [-0.15, -0.1) is 0 Å². The summed E-state index contributed by atoms with van der Waals surface area (Å²) in [6.45, 7) is 6.17. The maximum Gasteiger partial charge on any atom is 0.309 e. The SMILES string of the molecule is C[C@@H]1CC[C@H]2[C@@H](C)C(=O)O[C@]23C[C@@](C)(O)CC[C@@H]13. The number of esters is 1. The van der Waals surface area contributed by atoms with Crippen LogP contribution in [0.15, 0.2) is 0 Å². The fourth-order valence-corrected chi connectivity index (χ4v) is 4.89. The van der Waals surface area contributed by atoms with E-state index in [4.69, 9.17) is 4.74 Å². The Morgan fingerprint density at radius 1 is 1.22 bits per heavy atom. The van der Waals surface area contributed by atoms with E-state index in [-0.39, 0.29) is 17.5 Å². The zero-order chi connectivity index (χ0) is 13.1. The average Bonchev–Trinajstić information content (AvgIpc) is 2.48. The Morgan fingerprint density at radius 2 is 1.94 bits per heavy atom. The summed E-state index contributed by atoms with van der Waals surface area (Å²) < 4.78 is 5.88. The summed E-state index contributed by atoms with van der Waals surface area (Å²) in [5, 5.41) is 10.4. The van der Waals surface area contributed by atoms with Gasteiger partial charge in [-0.1, -0.05) is 13.8 Å². The molecule has 0 aromatic heterocycles. The Bertz CT molecular complexity index is 376. The number of hydrogen-bond acceptors (Lipinski definition) is 3. The van der Waals surface area contributed by atoms with E-state index in [9.17, 15) is 9.90 Å². The molecule has 0 unspecified atom stereocenters. The molecule has 1 heterocycles. The van der Waals surface area contributed by atoms with Crippen LogP contribution < -0.4 is 0 Å². The van der Waals surface area contributed by atoms with Gasteiger partial charge in [0.15, 0.2) is 0 Å². The minimum Gasteiger partial charge on any atom is -0.458 e. The molecule has 1 aliphatic heterocycles. The molecule has 0 bridgehead atoms. The van der Waals surface area contributed by atoms with E-state index in [0.29, 0.717) is 24.2 Å². The number of rotatable bonds is 0. The lowest BCUT2D eigenvalue weighted by molar-refractivity contribution is -0.188. The van der Waals surface area contributed by atoms with Gasteiger partial charge in [0.25, 0.3) is 0 Å². The highest BCUT2D eigenvalue weighted by atomic mass is 16.6. The summed E-state index contributed by atoms with van der Waals surface area (Å²) in [5.41, 5.74) is -1.04. The van der Waals surface area contributed by atoms with Crippen molar-refractivity contribution < 1.29 is 14.6 Å². The summed E-state index contributed by atoms with van der Waals surface area (Å²) in [4.78, 5) is 12.0. The van der Waals surface area contributed by atoms with Gasteiger partial charge in [0.1, 0.15) is 5.60 Å². The van der Waals surface area contributed by atoms with Gasteiger partial charge in [0.05, 0.1) is 11.5 Å². The first-order valence-corrected chi connectivity index (χ1v) is 7.31. The van der Waals surface area contributed by atoms with Crippen molar-refractivity contribution in [2.75, 3.05) is 0 Å². The van der Waals surface area contributed by atoms with Gasteiger partial charge < -0.3 is 9.84 Å². The van der Waals surface area contributed by atoms with Crippen LogP contribution in [0.1, 0.15) is 52.9 Å². The van der Waals surface area contributed by atoms with Crippen LogP contribution in [-0.4, -0.2) is 22.3 Å². The van der Waals surface area contributed by atoms with Crippen LogP contribution in [0.25, 0.3) is 0 Å². The summed E-state index contributed by atoms with van der Waals surface area (Å²) in [5.74, 6) is 1.34. The predicted octanol–water partition coefficient (Wildman–Crippen LogP) is 2.52. The summed E-state index contributed by atoms with van der Waals surface area (Å²) in [6, 6.07) is 0. The standard InChI is InChI=1S/C15H24O3/c1-9-4-5-12-10(2)13(16)18-15(12)8-14(3,17)7-6-11(9)15/h9-12,17H,4-8H2,1-3H3/t9-,10-,11+,12+,14+,15+/m1/s1. The molecule has 2 aliphatic carbocycles. The molecule has 1 saturated heterocycles. The molecular formula is C15H24O3. The van der Waals surface area contributed by atoms with Crippen LogP contribution in [-0.2, 0) is 9.53 Å². The molecule has 3 rings (SSSR count). The summed E-state index contributed by atoms with van der Waals surface area (Å²) in [7, 11) is 0. The van der Waals surface area contributed by atoms with Gasteiger partial charge in [-0.25, -0.2) is 0 Å². The molecular weight excluding hydrogens is 228 g/mol. The highest BCUT2D eigenvalue weighted by Gasteiger charge is 2.63. The van der Waals surface area contributed by atoms with E-state index < -0.39 is 5.60 Å². The Labute approximate surface area is 109 Å². The van der Waals surface area contributed by atoms with Crippen LogP contribution in [0.5, 0.6) is 0 Å². The van der Waals surface area contributed by atoms with Crippen LogP contribution >= 0.6 is 0 Å². The minimum absolute atomic E-state index is 0.00824. The van der Waals surface area contributed by atoms with Crippen molar-refractivity contribution in [3.63, 3.8) is 0 Å². The lowest BCUT2D eigenvalue weighted by Crippen LogP contribution is -2.57. The van der Waals surface area contributed by atoms with E-state index in [1.165, 1.54) is 6.42 Å². The lowest BCUT2D eigenvalue weighted by Gasteiger charge is -2.54. The van der Waals surface area contributed by atoms with Crippen LogP contribution in [0, 0.1) is 23.7 Å². The lowest BCUT2D eigenvalue weighted by atomic mass is 9.54. The normalized spacial score (nSPS) is 55.7. The van der Waals surface area contributed by atoms with Crippen LogP contribution in [0.4, 0.5) is 0 Å². The second kappa shape index (κ2) is 3.72. The topological polar surface area (TPSA) is 46.5 Å². The van der Waals surface area contributed by atoms with Crippen molar-refractivity contribution >= 4 is 5.97 Å². The van der Waals surface area contributed by atoms with E-state index in [2.05, 4.69) is 6.92 Å². The molecule has 3 fully saturated rings. The molecule has 3 heteroatoms. The Morgan fingerprint density at radius 3 is 2.67 bits per heavy atom. The number of carbonyl (C=O) groups excluding carboxylic acids is 1. The minimum atomic E-state index is -0.670. The summed E-state index contributed by atoms with van der Waals surface area (Å²) >= 11 is 0. The molecule has 0 aromatic carbocycles. The van der Waals surface area contributed by atoms with E-state index in [1.54, 1.807) is 0 Å². The van der Waals surface area contributed by atoms with Crippen molar-refractivity contribution in [2.24, 2.45) is 23.7 Å². The number of carbonyl (C=O) groups is 1. The third-order valence-corrected chi connectivity index (χ3v) is 5.79. The van der Waals surface area contributed by atoms with E-state index in [1.807, 2.05) is 13.8 Å². The van der Waals surface area contributed by atoms with Crippen molar-refractivity contribution in [1.29, 1.82) is 0 Å². The molecule has 3 aliphatic rings. The van der Waals surface area contributed by atoms with Gasteiger partial charge in [-0.3, -0.25) is 4.79 Å². The predicted molar refractivity (Wildman–Crippen MR) is 67.8 cm³/mol. The first-order valence-electron chi connectivity index (χ1n) is 7.31. The fourth-order valence-electron chi connectivity index (χ4n) is 4.89. The zero-order valence-corrected chi connectivity index (χ0v) is 11.6. The monoisotopic (exact) mass is 252 g/mol. The molecule has 0 aromatic rings. The highest BCUT2D eigenvalue weighted by Crippen LogP contribution is 2.59. The second-order valence-electron chi connectivity index (χ2n) is 7.14. The Balaban J connectivity index is 2.01. The van der Waals surface area contributed by atoms with Crippen molar-refractivity contribution in [2.45, 2.75) is 64.1 Å². The maximum atomic E-state index is 12.0. The molecule has 3 nitrogen and oxygen atoms in total. The molecule has 6 atom stereocenters.